The van der Waals surface area contributed by atoms with Gasteiger partial charge in [-0.1, -0.05) is 25.5 Å². The maximum absolute atomic E-state index is 6.14. The van der Waals surface area contributed by atoms with Crippen molar-refractivity contribution in [2.24, 2.45) is 0 Å². The average molecular weight is 350 g/mol. The summed E-state index contributed by atoms with van der Waals surface area (Å²) in [4.78, 5) is 0. The molecule has 2 aromatic heterocycles. The zero-order valence-electron chi connectivity index (χ0n) is 15.1. The first kappa shape index (κ1) is 16.6. The summed E-state index contributed by atoms with van der Waals surface area (Å²) in [5.74, 6) is 2.29. The minimum atomic E-state index is 0.623. The molecule has 0 saturated heterocycles. The van der Waals surface area contributed by atoms with Crippen molar-refractivity contribution < 1.29 is 18.3 Å². The van der Waals surface area contributed by atoms with Crippen LogP contribution in [0.15, 0.2) is 57.6 Å². The Labute approximate surface area is 152 Å². The summed E-state index contributed by atoms with van der Waals surface area (Å²) in [5, 5.41) is 1.96. The highest BCUT2D eigenvalue weighted by atomic mass is 16.5. The maximum Gasteiger partial charge on any atom is 0.181 e. The summed E-state index contributed by atoms with van der Waals surface area (Å²) in [6.07, 6.45) is 3.81. The lowest BCUT2D eigenvalue weighted by atomic mass is 10.1. The van der Waals surface area contributed by atoms with Crippen molar-refractivity contribution in [1.82, 2.24) is 0 Å². The lowest BCUT2D eigenvalue weighted by molar-refractivity contribution is 0.310. The average Bonchev–Trinajstić information content (AvgIpc) is 3.23. The molecule has 2 heterocycles. The van der Waals surface area contributed by atoms with E-state index in [0.717, 1.165) is 51.8 Å². The van der Waals surface area contributed by atoms with Crippen LogP contribution in [0.1, 0.15) is 26.7 Å². The lowest BCUT2D eigenvalue weighted by Crippen LogP contribution is -1.96. The van der Waals surface area contributed by atoms with Gasteiger partial charge < -0.3 is 18.3 Å². The number of para-hydroxylation sites is 1. The van der Waals surface area contributed by atoms with E-state index in [1.807, 2.05) is 49.4 Å². The normalized spacial score (nSPS) is 11.3. The molecule has 4 rings (SSSR count). The Balaban J connectivity index is 1.83. The van der Waals surface area contributed by atoms with Gasteiger partial charge in [0.05, 0.1) is 24.2 Å². The molecule has 0 amide bonds. The van der Waals surface area contributed by atoms with E-state index in [4.69, 9.17) is 18.3 Å². The molecule has 0 N–H and O–H groups in total. The van der Waals surface area contributed by atoms with Crippen molar-refractivity contribution in [2.75, 3.05) is 13.2 Å². The van der Waals surface area contributed by atoms with Gasteiger partial charge in [0.1, 0.15) is 23.2 Å². The molecule has 0 saturated carbocycles. The number of rotatable bonds is 7. The summed E-state index contributed by atoms with van der Waals surface area (Å²) >= 11 is 0. The number of furan rings is 2. The van der Waals surface area contributed by atoms with Gasteiger partial charge in [0.15, 0.2) is 11.5 Å². The second-order valence-corrected chi connectivity index (χ2v) is 6.20. The van der Waals surface area contributed by atoms with Gasteiger partial charge in [0.25, 0.3) is 0 Å². The predicted octanol–water partition coefficient (Wildman–Crippen LogP) is 6.42. The van der Waals surface area contributed by atoms with Crippen molar-refractivity contribution >= 4 is 21.9 Å². The van der Waals surface area contributed by atoms with Crippen molar-refractivity contribution in [3.05, 3.63) is 48.7 Å². The maximum atomic E-state index is 6.14. The molecular formula is C22H22O4. The van der Waals surface area contributed by atoms with Gasteiger partial charge in [-0.2, -0.15) is 0 Å². The number of hydrogen-bond acceptors (Lipinski definition) is 4. The van der Waals surface area contributed by atoms with Crippen LogP contribution in [0.4, 0.5) is 0 Å². The molecule has 0 radical (unpaired) electrons. The molecule has 0 spiro atoms. The molecule has 0 unspecified atom stereocenters. The zero-order valence-corrected chi connectivity index (χ0v) is 15.1. The summed E-state index contributed by atoms with van der Waals surface area (Å²) in [6.45, 7) is 5.40. The third-order valence-corrected chi connectivity index (χ3v) is 4.40. The van der Waals surface area contributed by atoms with Crippen molar-refractivity contribution in [1.29, 1.82) is 0 Å². The smallest absolute Gasteiger partial charge is 0.181 e. The second kappa shape index (κ2) is 7.16. The molecule has 0 aliphatic carbocycles. The van der Waals surface area contributed by atoms with E-state index in [-0.39, 0.29) is 0 Å². The lowest BCUT2D eigenvalue weighted by Gasteiger charge is -2.06. The summed E-state index contributed by atoms with van der Waals surface area (Å²) < 4.78 is 23.6. The third kappa shape index (κ3) is 2.92. The van der Waals surface area contributed by atoms with Gasteiger partial charge in [-0.15, -0.1) is 0 Å². The molecular weight excluding hydrogens is 328 g/mol. The first-order valence-electron chi connectivity index (χ1n) is 9.10. The largest absolute Gasteiger partial charge is 0.494 e. The quantitative estimate of drug-likeness (QED) is 0.361. The number of fused-ring (bicyclic) bond motifs is 2. The number of hydrogen-bond donors (Lipinski definition) is 0. The highest BCUT2D eigenvalue weighted by molar-refractivity contribution is 5.99. The monoisotopic (exact) mass is 350 g/mol. The van der Waals surface area contributed by atoms with Crippen LogP contribution in [0.25, 0.3) is 33.3 Å². The summed E-state index contributed by atoms with van der Waals surface area (Å²) in [6, 6.07) is 13.8. The molecule has 4 heteroatoms. The van der Waals surface area contributed by atoms with Crippen LogP contribution < -0.4 is 9.47 Å². The van der Waals surface area contributed by atoms with E-state index in [2.05, 4.69) is 6.92 Å². The molecule has 0 aliphatic heterocycles. The van der Waals surface area contributed by atoms with E-state index in [1.54, 1.807) is 6.26 Å². The molecule has 0 bridgehead atoms. The van der Waals surface area contributed by atoms with Crippen LogP contribution in [-0.2, 0) is 0 Å². The number of unbranched alkanes of at least 4 members (excludes halogenated alkanes) is 1. The van der Waals surface area contributed by atoms with Gasteiger partial charge in [0.2, 0.25) is 0 Å². The Kier molecular flexibility index (Phi) is 4.57. The Morgan fingerprint density at radius 2 is 1.81 bits per heavy atom. The fraction of sp³-hybridized carbons (Fsp3) is 0.273. The second-order valence-electron chi connectivity index (χ2n) is 6.20. The first-order valence-corrected chi connectivity index (χ1v) is 9.10. The van der Waals surface area contributed by atoms with Crippen molar-refractivity contribution in [3.8, 4) is 22.8 Å². The van der Waals surface area contributed by atoms with Crippen LogP contribution in [0.5, 0.6) is 11.5 Å². The minimum Gasteiger partial charge on any atom is -0.494 e. The third-order valence-electron chi connectivity index (χ3n) is 4.40. The molecule has 4 aromatic rings. The fourth-order valence-electron chi connectivity index (χ4n) is 3.10. The highest BCUT2D eigenvalue weighted by Crippen LogP contribution is 2.43. The van der Waals surface area contributed by atoms with Gasteiger partial charge >= 0.3 is 0 Å². The van der Waals surface area contributed by atoms with Gasteiger partial charge in [-0.3, -0.25) is 0 Å². The van der Waals surface area contributed by atoms with Crippen LogP contribution in [0.3, 0.4) is 0 Å². The molecule has 134 valence electrons. The molecule has 2 aromatic carbocycles. The van der Waals surface area contributed by atoms with E-state index >= 15 is 0 Å². The highest BCUT2D eigenvalue weighted by Gasteiger charge is 2.21. The molecule has 4 nitrogen and oxygen atoms in total. The molecule has 0 aliphatic rings. The van der Waals surface area contributed by atoms with E-state index < -0.39 is 0 Å². The van der Waals surface area contributed by atoms with Crippen molar-refractivity contribution in [2.45, 2.75) is 26.7 Å². The van der Waals surface area contributed by atoms with E-state index in [9.17, 15) is 0 Å². The fourth-order valence-corrected chi connectivity index (χ4v) is 3.10. The van der Waals surface area contributed by atoms with Crippen LogP contribution in [-0.4, -0.2) is 13.2 Å². The summed E-state index contributed by atoms with van der Waals surface area (Å²) in [7, 11) is 0. The number of benzene rings is 2. The Hall–Kier alpha value is -2.88. The zero-order chi connectivity index (χ0) is 17.9. The summed E-state index contributed by atoms with van der Waals surface area (Å²) in [5.41, 5.74) is 2.48. The first-order chi connectivity index (χ1) is 12.8. The van der Waals surface area contributed by atoms with Gasteiger partial charge in [-0.25, -0.2) is 0 Å². The van der Waals surface area contributed by atoms with Gasteiger partial charge in [-0.05, 0) is 37.6 Å². The molecule has 26 heavy (non-hydrogen) atoms. The SMILES string of the molecule is CCCCOc1c(-c2coc3cc(OCC)ccc23)oc2ccccc12. The Bertz CT molecular complexity index is 1030. The van der Waals surface area contributed by atoms with Gasteiger partial charge in [0, 0.05) is 11.5 Å². The topological polar surface area (TPSA) is 44.7 Å². The van der Waals surface area contributed by atoms with Crippen LogP contribution in [0.2, 0.25) is 0 Å². The standard InChI is InChI=1S/C22H22O4/c1-3-5-12-24-21-17-8-6-7-9-19(17)26-22(21)18-14-25-20-13-15(23-4-2)10-11-16(18)20/h6-11,13-14H,3-5,12H2,1-2H3. The Morgan fingerprint density at radius 3 is 2.65 bits per heavy atom. The van der Waals surface area contributed by atoms with Crippen molar-refractivity contribution in [3.63, 3.8) is 0 Å². The molecule has 0 atom stereocenters. The van der Waals surface area contributed by atoms with Crippen LogP contribution >= 0.6 is 0 Å². The van der Waals surface area contributed by atoms with E-state index in [1.165, 1.54) is 0 Å². The minimum absolute atomic E-state index is 0.623. The number of ether oxygens (including phenoxy) is 2. The van der Waals surface area contributed by atoms with E-state index in [0.29, 0.717) is 19.0 Å². The van der Waals surface area contributed by atoms with Crippen LogP contribution in [0, 0.1) is 0 Å². The molecule has 0 fully saturated rings. The predicted molar refractivity (Wildman–Crippen MR) is 103 cm³/mol. The Morgan fingerprint density at radius 1 is 0.923 bits per heavy atom.